The molecule has 5 rings (SSSR count). The molecule has 4 heterocycles. The number of aliphatic hydroxyl groups excluding tert-OH is 2. The van der Waals surface area contributed by atoms with Crippen molar-refractivity contribution < 1.29 is 10.2 Å². The quantitative estimate of drug-likeness (QED) is 0.588. The molecule has 1 saturated carbocycles. The van der Waals surface area contributed by atoms with Gasteiger partial charge in [0, 0.05) is 43.2 Å². The zero-order chi connectivity index (χ0) is 20.8. The number of fused-ring (bicyclic) bond motifs is 3. The lowest BCUT2D eigenvalue weighted by molar-refractivity contribution is 0.0788. The van der Waals surface area contributed by atoms with Crippen LogP contribution in [0.15, 0.2) is 24.5 Å². The van der Waals surface area contributed by atoms with Crippen molar-refractivity contribution in [2.75, 3.05) is 23.3 Å². The van der Waals surface area contributed by atoms with Crippen LogP contribution in [0.4, 0.5) is 17.6 Å². The van der Waals surface area contributed by atoms with Gasteiger partial charge in [-0.05, 0) is 32.8 Å². The van der Waals surface area contributed by atoms with Gasteiger partial charge in [0.25, 0.3) is 0 Å². The van der Waals surface area contributed by atoms with Crippen LogP contribution in [0, 0.1) is 11.8 Å². The summed E-state index contributed by atoms with van der Waals surface area (Å²) in [7, 11) is 0. The topological polar surface area (TPSA) is 112 Å². The van der Waals surface area contributed by atoms with Gasteiger partial charge in [-0.25, -0.2) is 15.0 Å². The first-order chi connectivity index (χ1) is 14.5. The van der Waals surface area contributed by atoms with Gasteiger partial charge in [0.05, 0.1) is 17.8 Å². The first-order valence-corrected chi connectivity index (χ1v) is 10.5. The number of imidazole rings is 1. The molecule has 0 amide bonds. The largest absolute Gasteiger partial charge is 0.392 e. The van der Waals surface area contributed by atoms with Gasteiger partial charge < -0.3 is 25.0 Å². The molecule has 2 fully saturated rings. The van der Waals surface area contributed by atoms with Crippen LogP contribution < -0.4 is 10.2 Å². The summed E-state index contributed by atoms with van der Waals surface area (Å²) in [5.74, 6) is 3.26. The van der Waals surface area contributed by atoms with Gasteiger partial charge in [-0.1, -0.05) is 0 Å². The molecule has 9 nitrogen and oxygen atoms in total. The fourth-order valence-corrected chi connectivity index (χ4v) is 4.86. The molecule has 0 spiro atoms. The van der Waals surface area contributed by atoms with Crippen molar-refractivity contribution in [3.63, 3.8) is 0 Å². The highest BCUT2D eigenvalue weighted by Gasteiger charge is 2.41. The highest BCUT2D eigenvalue weighted by Crippen LogP contribution is 2.38. The van der Waals surface area contributed by atoms with Crippen molar-refractivity contribution in [1.29, 1.82) is 0 Å². The fourth-order valence-electron chi connectivity index (χ4n) is 4.86. The van der Waals surface area contributed by atoms with E-state index in [9.17, 15) is 10.2 Å². The summed E-state index contributed by atoms with van der Waals surface area (Å²) < 4.78 is 2.02. The van der Waals surface area contributed by atoms with Crippen molar-refractivity contribution in [2.24, 2.45) is 11.8 Å². The lowest BCUT2D eigenvalue weighted by Gasteiger charge is -2.35. The van der Waals surface area contributed by atoms with Crippen molar-refractivity contribution >= 4 is 28.6 Å². The van der Waals surface area contributed by atoms with Gasteiger partial charge in [0.2, 0.25) is 5.95 Å². The summed E-state index contributed by atoms with van der Waals surface area (Å²) in [4.78, 5) is 20.3. The molecule has 30 heavy (non-hydrogen) atoms. The Morgan fingerprint density at radius 2 is 1.90 bits per heavy atom. The number of piperidine rings is 1. The molecular formula is C21H27N7O2. The van der Waals surface area contributed by atoms with Crippen LogP contribution in [0.1, 0.15) is 38.6 Å². The number of anilines is 3. The van der Waals surface area contributed by atoms with Crippen LogP contribution in [-0.2, 0) is 6.61 Å². The number of pyridine rings is 1. The first kappa shape index (κ1) is 19.2. The molecule has 0 aromatic carbocycles. The summed E-state index contributed by atoms with van der Waals surface area (Å²) in [6, 6.07) is 3.92. The molecule has 158 valence electrons. The van der Waals surface area contributed by atoms with E-state index in [1.165, 1.54) is 0 Å². The van der Waals surface area contributed by atoms with Crippen molar-refractivity contribution in [2.45, 2.75) is 45.4 Å². The molecule has 1 aliphatic heterocycles. The van der Waals surface area contributed by atoms with Gasteiger partial charge in [0.1, 0.15) is 29.6 Å². The van der Waals surface area contributed by atoms with E-state index in [0.717, 1.165) is 37.0 Å². The smallest absolute Gasteiger partial charge is 0.227 e. The van der Waals surface area contributed by atoms with Crippen LogP contribution in [0.3, 0.4) is 0 Å². The van der Waals surface area contributed by atoms with Crippen LogP contribution >= 0.6 is 0 Å². The van der Waals surface area contributed by atoms with Gasteiger partial charge >= 0.3 is 0 Å². The Bertz CT molecular complexity index is 1050. The summed E-state index contributed by atoms with van der Waals surface area (Å²) in [5, 5.41) is 23.2. The van der Waals surface area contributed by atoms with Crippen molar-refractivity contribution in [3.8, 4) is 0 Å². The number of aromatic nitrogens is 5. The molecule has 2 aliphatic rings. The maximum Gasteiger partial charge on any atom is 0.227 e. The highest BCUT2D eigenvalue weighted by molar-refractivity contribution is 5.79. The number of hydrogen-bond acceptors (Lipinski definition) is 8. The van der Waals surface area contributed by atoms with Gasteiger partial charge in [-0.2, -0.15) is 4.98 Å². The van der Waals surface area contributed by atoms with Crippen LogP contribution in [0.5, 0.6) is 0 Å². The SMILES string of the molecule is CC(C)n1c(CO)nc2cnc(Nc3ccnc(N4CC5CCC(C4)C5O)n3)cc21. The Hall–Kier alpha value is -2.78. The van der Waals surface area contributed by atoms with E-state index in [0.29, 0.717) is 35.2 Å². The molecule has 1 aliphatic carbocycles. The lowest BCUT2D eigenvalue weighted by Crippen LogP contribution is -2.45. The van der Waals surface area contributed by atoms with Crippen molar-refractivity contribution in [1.82, 2.24) is 24.5 Å². The Morgan fingerprint density at radius 1 is 1.13 bits per heavy atom. The van der Waals surface area contributed by atoms with Gasteiger partial charge in [-0.3, -0.25) is 0 Å². The number of rotatable bonds is 5. The van der Waals surface area contributed by atoms with E-state index in [-0.39, 0.29) is 18.8 Å². The van der Waals surface area contributed by atoms with E-state index < -0.39 is 0 Å². The minimum atomic E-state index is -0.187. The monoisotopic (exact) mass is 409 g/mol. The highest BCUT2D eigenvalue weighted by atomic mass is 16.3. The molecule has 3 N–H and O–H groups in total. The van der Waals surface area contributed by atoms with E-state index >= 15 is 0 Å². The average molecular weight is 409 g/mol. The molecule has 3 aromatic rings. The maximum absolute atomic E-state index is 10.3. The third-order valence-electron chi connectivity index (χ3n) is 6.27. The molecule has 2 atom stereocenters. The second kappa shape index (κ2) is 7.48. The van der Waals surface area contributed by atoms with Crippen LogP contribution in [0.2, 0.25) is 0 Å². The van der Waals surface area contributed by atoms with Crippen LogP contribution in [0.25, 0.3) is 11.0 Å². The fraction of sp³-hybridized carbons (Fsp3) is 0.524. The number of aliphatic hydroxyl groups is 2. The van der Waals surface area contributed by atoms with E-state index in [4.69, 9.17) is 4.98 Å². The molecule has 9 heteroatoms. The minimum Gasteiger partial charge on any atom is -0.392 e. The molecule has 2 unspecified atom stereocenters. The average Bonchev–Trinajstić information content (AvgIpc) is 3.18. The first-order valence-electron chi connectivity index (χ1n) is 10.5. The Kier molecular flexibility index (Phi) is 4.79. The zero-order valence-corrected chi connectivity index (χ0v) is 17.2. The Morgan fingerprint density at radius 3 is 2.60 bits per heavy atom. The van der Waals surface area contributed by atoms with E-state index in [1.807, 2.05) is 16.7 Å². The van der Waals surface area contributed by atoms with Crippen LogP contribution in [-0.4, -0.2) is 53.9 Å². The maximum atomic E-state index is 10.3. The normalized spacial score (nSPS) is 23.5. The lowest BCUT2D eigenvalue weighted by atomic mass is 9.95. The zero-order valence-electron chi connectivity index (χ0n) is 17.2. The molecule has 3 aromatic heterocycles. The van der Waals surface area contributed by atoms with Gasteiger partial charge in [0.15, 0.2) is 0 Å². The van der Waals surface area contributed by atoms with E-state index in [1.54, 1.807) is 12.4 Å². The molecule has 0 radical (unpaired) electrons. The standard InChI is InChI=1S/C21H27N7O2/c1-12(2)28-16-7-18(23-8-15(16)24-19(28)11-29)25-17-5-6-22-21(26-17)27-9-13-3-4-14(10-27)20(13)30/h5-8,12-14,20,29-30H,3-4,9-11H2,1-2H3,(H,22,23,25,26). The Balaban J connectivity index is 1.40. The predicted molar refractivity (Wildman–Crippen MR) is 114 cm³/mol. The predicted octanol–water partition coefficient (Wildman–Crippen LogP) is 2.25. The molecular weight excluding hydrogens is 382 g/mol. The number of nitrogens with zero attached hydrogens (tertiary/aromatic N) is 6. The Labute approximate surface area is 174 Å². The third kappa shape index (κ3) is 3.27. The van der Waals surface area contributed by atoms with Gasteiger partial charge in [-0.15, -0.1) is 0 Å². The minimum absolute atomic E-state index is 0.114. The third-order valence-corrected chi connectivity index (χ3v) is 6.27. The summed E-state index contributed by atoms with van der Waals surface area (Å²) in [5.41, 5.74) is 1.67. The van der Waals surface area contributed by atoms with E-state index in [2.05, 4.69) is 39.0 Å². The second-order valence-corrected chi connectivity index (χ2v) is 8.57. The number of nitrogens with one attached hydrogen (secondary N) is 1. The van der Waals surface area contributed by atoms with Crippen molar-refractivity contribution in [3.05, 3.63) is 30.4 Å². The molecule has 2 bridgehead atoms. The summed E-state index contributed by atoms with van der Waals surface area (Å²) in [6.07, 6.45) is 5.42. The summed E-state index contributed by atoms with van der Waals surface area (Å²) >= 11 is 0. The molecule has 1 saturated heterocycles. The second-order valence-electron chi connectivity index (χ2n) is 8.57. The number of hydrogen-bond donors (Lipinski definition) is 3. The summed E-state index contributed by atoms with van der Waals surface area (Å²) in [6.45, 7) is 5.60.